The van der Waals surface area contributed by atoms with Gasteiger partial charge in [0.05, 0.1) is 40.8 Å². The van der Waals surface area contributed by atoms with Crippen LogP contribution >= 0.6 is 34.9 Å². The Morgan fingerprint density at radius 3 is 2.37 bits per heavy atom. The zero-order valence-electron chi connectivity index (χ0n) is 28.7. The molecule has 2 aromatic carbocycles. The van der Waals surface area contributed by atoms with Gasteiger partial charge in [0.1, 0.15) is 10.5 Å². The highest BCUT2D eigenvalue weighted by Gasteiger charge is 2.30. The first-order valence-electron chi connectivity index (χ1n) is 17.0. The quantitative estimate of drug-likeness (QED) is 0.127. The first-order chi connectivity index (χ1) is 24.8. The van der Waals surface area contributed by atoms with Crippen LogP contribution in [0.5, 0.6) is 0 Å². The zero-order valence-corrected chi connectivity index (χ0v) is 32.8. The molecule has 0 bridgehead atoms. The highest BCUT2D eigenvalue weighted by molar-refractivity contribution is 8.03. The van der Waals surface area contributed by atoms with Crippen LogP contribution in [0.25, 0.3) is 16.3 Å². The number of aryl methyl sites for hydroxylation is 1. The van der Waals surface area contributed by atoms with Crippen LogP contribution in [0.3, 0.4) is 0 Å². The number of hydrogen-bond donors (Lipinski definition) is 2. The number of para-hydroxylation sites is 1. The van der Waals surface area contributed by atoms with Gasteiger partial charge < -0.3 is 15.1 Å². The third-order valence-electron chi connectivity index (χ3n) is 9.44. The number of fused-ring (bicyclic) bond motifs is 3. The Morgan fingerprint density at radius 2 is 1.63 bits per heavy atom. The molecule has 2 aliphatic carbocycles. The summed E-state index contributed by atoms with van der Waals surface area (Å²) in [6, 6.07) is 14.1. The van der Waals surface area contributed by atoms with Gasteiger partial charge in [0.25, 0.3) is 5.01 Å². The number of thiazole rings is 1. The summed E-state index contributed by atoms with van der Waals surface area (Å²) in [6.07, 6.45) is 13.8. The number of nitrogens with zero attached hydrogens (tertiary/aromatic N) is 2. The van der Waals surface area contributed by atoms with Crippen molar-refractivity contribution in [3.8, 4) is 0 Å². The van der Waals surface area contributed by atoms with Gasteiger partial charge in [-0.1, -0.05) is 47.4 Å². The standard InChI is InChI=1S/C37H40N2O8S5/c1-48-29-10-11-33-31(24-29)39(15-19-52(46,47)17-13-37(42)43)35(50-33)23-26-7-9-27-8-6-25(20-28(27)21-26)22-34-38(30-4-2-3-5-32(30)49-34)14-18-51(44,45)16-12-36(40)41/h2-5,10-11,20-24,27H,6-9,12-19H2,1H3,(H-,40,41,42,43)/p+1. The zero-order chi connectivity index (χ0) is 37.0. The first kappa shape index (κ1) is 38.4. The summed E-state index contributed by atoms with van der Waals surface area (Å²) in [4.78, 5) is 26.2. The molecule has 1 atom stereocenters. The van der Waals surface area contributed by atoms with Crippen LogP contribution in [0, 0.1) is 5.92 Å². The number of allylic oxidation sites excluding steroid dienone is 6. The van der Waals surface area contributed by atoms with Crippen molar-refractivity contribution >= 4 is 88.5 Å². The van der Waals surface area contributed by atoms with Crippen molar-refractivity contribution in [2.45, 2.75) is 54.9 Å². The number of aromatic nitrogens is 1. The van der Waals surface area contributed by atoms with Gasteiger partial charge in [-0.05, 0) is 84.9 Å². The van der Waals surface area contributed by atoms with E-state index in [1.54, 1.807) is 34.9 Å². The van der Waals surface area contributed by atoms with Gasteiger partial charge in [-0.2, -0.15) is 4.57 Å². The van der Waals surface area contributed by atoms with Crippen molar-refractivity contribution in [2.75, 3.05) is 40.7 Å². The smallest absolute Gasteiger partial charge is 0.304 e. The molecular weight excluding hydrogens is 761 g/mol. The summed E-state index contributed by atoms with van der Waals surface area (Å²) >= 11 is 4.84. The lowest BCUT2D eigenvalue weighted by molar-refractivity contribution is -0.664. The number of aliphatic carboxylic acids is 2. The average molecular weight is 802 g/mol. The van der Waals surface area contributed by atoms with E-state index in [2.05, 4.69) is 42.5 Å². The van der Waals surface area contributed by atoms with Crippen LogP contribution in [-0.2, 0) is 35.8 Å². The topological polar surface area (TPSA) is 150 Å². The Kier molecular flexibility index (Phi) is 12.0. The number of carbonyl (C=O) groups is 2. The van der Waals surface area contributed by atoms with Crippen molar-refractivity contribution < 1.29 is 41.2 Å². The summed E-state index contributed by atoms with van der Waals surface area (Å²) in [7, 11) is -7.11. The predicted octanol–water partition coefficient (Wildman–Crippen LogP) is 6.58. The van der Waals surface area contributed by atoms with Crippen LogP contribution < -0.4 is 9.47 Å². The normalized spacial score (nSPS) is 19.1. The van der Waals surface area contributed by atoms with Crippen LogP contribution in [-0.4, -0.2) is 74.8 Å². The summed E-state index contributed by atoms with van der Waals surface area (Å²) in [6.45, 7) is 0.463. The molecule has 0 radical (unpaired) electrons. The molecule has 1 unspecified atom stereocenters. The Morgan fingerprint density at radius 1 is 0.923 bits per heavy atom. The van der Waals surface area contributed by atoms with E-state index < -0.39 is 44.5 Å². The average Bonchev–Trinajstić information content (AvgIpc) is 3.64. The predicted molar refractivity (Wildman–Crippen MR) is 209 cm³/mol. The summed E-state index contributed by atoms with van der Waals surface area (Å²) < 4.78 is 53.9. The van der Waals surface area contributed by atoms with Gasteiger partial charge in [0.15, 0.2) is 26.2 Å². The van der Waals surface area contributed by atoms with E-state index in [1.807, 2.05) is 40.0 Å². The fourth-order valence-electron chi connectivity index (χ4n) is 6.64. The molecule has 2 heterocycles. The Labute approximate surface area is 316 Å². The Bertz CT molecular complexity index is 2240. The van der Waals surface area contributed by atoms with Gasteiger partial charge in [-0.15, -0.1) is 11.8 Å². The lowest BCUT2D eigenvalue weighted by Crippen LogP contribution is -2.39. The van der Waals surface area contributed by atoms with E-state index in [-0.39, 0.29) is 36.1 Å². The number of sulfone groups is 2. The van der Waals surface area contributed by atoms with Crippen LogP contribution in [0.15, 0.2) is 92.2 Å². The second kappa shape index (κ2) is 16.3. The second-order valence-electron chi connectivity index (χ2n) is 13.1. The maximum atomic E-state index is 12.8. The number of benzene rings is 2. The van der Waals surface area contributed by atoms with E-state index in [9.17, 15) is 26.4 Å². The molecule has 0 fully saturated rings. The molecule has 0 amide bonds. The number of thioether (sulfide) groups is 2. The van der Waals surface area contributed by atoms with Crippen molar-refractivity contribution in [1.82, 2.24) is 0 Å². The highest BCUT2D eigenvalue weighted by Crippen LogP contribution is 2.48. The minimum atomic E-state index is -3.56. The number of rotatable bonds is 15. The Balaban J connectivity index is 1.27. The third-order valence-corrected chi connectivity index (χ3v) is 15.6. The monoisotopic (exact) mass is 801 g/mol. The number of anilines is 1. The maximum absolute atomic E-state index is 12.8. The molecule has 1 aromatic heterocycles. The van der Waals surface area contributed by atoms with Crippen molar-refractivity contribution in [3.05, 3.63) is 87.4 Å². The van der Waals surface area contributed by atoms with Crippen LogP contribution in [0.2, 0.25) is 0 Å². The summed E-state index contributed by atoms with van der Waals surface area (Å²) in [5, 5.41) is 19.9. The van der Waals surface area contributed by atoms with Crippen molar-refractivity contribution in [1.29, 1.82) is 0 Å². The molecule has 6 rings (SSSR count). The fourth-order valence-corrected chi connectivity index (χ4v) is 11.7. The summed E-state index contributed by atoms with van der Waals surface area (Å²) in [5.74, 6) is -2.88. The van der Waals surface area contributed by atoms with Crippen LogP contribution in [0.4, 0.5) is 5.69 Å². The number of hydrogen-bond acceptors (Lipinski definition) is 10. The Hall–Kier alpha value is -3.37. The van der Waals surface area contributed by atoms with Gasteiger partial charge >= 0.3 is 11.9 Å². The maximum Gasteiger partial charge on any atom is 0.304 e. The van der Waals surface area contributed by atoms with E-state index in [4.69, 9.17) is 10.2 Å². The molecule has 52 heavy (non-hydrogen) atoms. The second-order valence-corrected chi connectivity index (χ2v) is 20.7. The third kappa shape index (κ3) is 9.59. The lowest BCUT2D eigenvalue weighted by Gasteiger charge is -2.28. The van der Waals surface area contributed by atoms with Gasteiger partial charge in [0, 0.05) is 28.5 Å². The molecule has 276 valence electrons. The molecular formula is C37H41N2O8S5+. The van der Waals surface area contributed by atoms with Crippen molar-refractivity contribution in [2.24, 2.45) is 5.92 Å². The van der Waals surface area contributed by atoms with E-state index in [0.717, 1.165) is 72.6 Å². The molecule has 2 N–H and O–H groups in total. The first-order valence-corrected chi connectivity index (χ1v) is 23.5. The molecule has 0 saturated carbocycles. The van der Waals surface area contributed by atoms with Gasteiger partial charge in [-0.25, -0.2) is 16.8 Å². The number of carboxylic acid groups (broad SMARTS) is 2. The van der Waals surface area contributed by atoms with Crippen LogP contribution in [0.1, 0.15) is 43.5 Å². The molecule has 10 nitrogen and oxygen atoms in total. The largest absolute Gasteiger partial charge is 0.481 e. The molecule has 3 aliphatic rings. The highest BCUT2D eigenvalue weighted by atomic mass is 32.2. The number of carboxylic acids is 2. The van der Waals surface area contributed by atoms with Gasteiger partial charge in [0.2, 0.25) is 5.52 Å². The molecule has 1 aliphatic heterocycles. The molecule has 0 saturated heterocycles. The van der Waals surface area contributed by atoms with E-state index in [0.29, 0.717) is 5.92 Å². The minimum absolute atomic E-state index is 0.141. The lowest BCUT2D eigenvalue weighted by atomic mass is 9.77. The molecule has 3 aromatic rings. The fraction of sp³-hybridized carbons (Fsp3) is 0.378. The minimum Gasteiger partial charge on any atom is -0.481 e. The molecule has 0 spiro atoms. The SMILES string of the molecule is CSc1ccc2c(c1)N(CCS(=O)(=O)CCC(=O)O)/C(=C/C1=CC3=C/C(=C/c4sc5ccccc5[n+]4CCS(=O)(=O)CCC(=O)O)CCC3CC1)S2. The van der Waals surface area contributed by atoms with E-state index in [1.165, 1.54) is 5.57 Å². The van der Waals surface area contributed by atoms with Gasteiger partial charge in [-0.3, -0.25) is 9.59 Å². The van der Waals surface area contributed by atoms with E-state index >= 15 is 0 Å². The van der Waals surface area contributed by atoms with Crippen molar-refractivity contribution in [3.63, 3.8) is 0 Å². The summed E-state index contributed by atoms with van der Waals surface area (Å²) in [5.41, 5.74) is 5.46. The molecule has 15 heteroatoms.